The molecule has 1 saturated carbocycles. The molecule has 30 heavy (non-hydrogen) atoms. The zero-order chi connectivity index (χ0) is 21.6. The van der Waals surface area contributed by atoms with Crippen LogP contribution in [0.4, 0.5) is 24.9 Å². The Hall–Kier alpha value is -2.55. The molecule has 3 rings (SSSR count). The Bertz CT molecular complexity index is 857. The smallest absolute Gasteiger partial charge is 0.405 e. The van der Waals surface area contributed by atoms with Gasteiger partial charge in [-0.25, -0.2) is 4.98 Å². The number of aromatic nitrogens is 2. The maximum Gasteiger partial charge on any atom is 0.573 e. The van der Waals surface area contributed by atoms with Gasteiger partial charge in [-0.05, 0) is 49.8 Å². The number of anilines is 2. The Morgan fingerprint density at radius 2 is 1.90 bits per heavy atom. The van der Waals surface area contributed by atoms with Crippen molar-refractivity contribution in [3.05, 3.63) is 41.0 Å². The standard InChI is InChI=1S/C20H23ClF3N5O/c21-16-12-28-19(27-11-15-3-1-2-4-17(15)30-20(22,23)24)29-18(16)26-10-14-7-5-13(9-25)6-8-14/h1-4,9,12-14,25H,5-8,10-11H2,(H2,26,27,28,29). The van der Waals surface area contributed by atoms with Gasteiger partial charge in [-0.1, -0.05) is 29.8 Å². The fraction of sp³-hybridized carbons (Fsp3) is 0.450. The van der Waals surface area contributed by atoms with E-state index in [0.717, 1.165) is 25.7 Å². The average molecular weight is 442 g/mol. The third kappa shape index (κ3) is 6.48. The van der Waals surface area contributed by atoms with Crippen LogP contribution in [0, 0.1) is 17.2 Å². The first kappa shape index (κ1) is 22.1. The fourth-order valence-electron chi connectivity index (χ4n) is 3.42. The molecule has 10 heteroatoms. The largest absolute Gasteiger partial charge is 0.573 e. The molecular weight excluding hydrogens is 419 g/mol. The molecule has 1 aliphatic carbocycles. The highest BCUT2D eigenvalue weighted by atomic mass is 35.5. The van der Waals surface area contributed by atoms with Crippen molar-refractivity contribution in [1.29, 1.82) is 5.41 Å². The van der Waals surface area contributed by atoms with Crippen LogP contribution in [0.5, 0.6) is 5.75 Å². The van der Waals surface area contributed by atoms with Crippen LogP contribution in [0.25, 0.3) is 0 Å². The van der Waals surface area contributed by atoms with Gasteiger partial charge in [0.05, 0.1) is 6.20 Å². The molecule has 1 fully saturated rings. The van der Waals surface area contributed by atoms with Crippen LogP contribution in [0.15, 0.2) is 30.5 Å². The number of benzene rings is 1. The summed E-state index contributed by atoms with van der Waals surface area (Å²) in [6.07, 6.45) is 2.32. The van der Waals surface area contributed by atoms with Crippen LogP contribution in [0.1, 0.15) is 31.2 Å². The summed E-state index contributed by atoms with van der Waals surface area (Å²) in [4.78, 5) is 8.43. The molecule has 1 aromatic carbocycles. The summed E-state index contributed by atoms with van der Waals surface area (Å²) >= 11 is 6.18. The van der Waals surface area contributed by atoms with Crippen molar-refractivity contribution in [2.45, 2.75) is 38.6 Å². The van der Waals surface area contributed by atoms with Crippen LogP contribution < -0.4 is 15.4 Å². The third-order valence-electron chi connectivity index (χ3n) is 5.06. The predicted molar refractivity (Wildman–Crippen MR) is 110 cm³/mol. The van der Waals surface area contributed by atoms with E-state index in [4.69, 9.17) is 17.0 Å². The molecule has 1 heterocycles. The summed E-state index contributed by atoms with van der Waals surface area (Å²) < 4.78 is 41.7. The van der Waals surface area contributed by atoms with Gasteiger partial charge in [-0.15, -0.1) is 13.2 Å². The first-order valence-corrected chi connectivity index (χ1v) is 10.1. The van der Waals surface area contributed by atoms with E-state index in [1.54, 1.807) is 6.07 Å². The fourth-order valence-corrected chi connectivity index (χ4v) is 3.58. The predicted octanol–water partition coefficient (Wildman–Crippen LogP) is 5.51. The van der Waals surface area contributed by atoms with E-state index in [9.17, 15) is 13.2 Å². The van der Waals surface area contributed by atoms with Crippen LogP contribution in [0.2, 0.25) is 5.02 Å². The monoisotopic (exact) mass is 441 g/mol. The van der Waals surface area contributed by atoms with Crippen molar-refractivity contribution in [3.63, 3.8) is 0 Å². The molecule has 162 valence electrons. The maximum atomic E-state index is 12.6. The second kappa shape index (κ2) is 9.97. The number of halogens is 4. The van der Waals surface area contributed by atoms with E-state index in [2.05, 4.69) is 25.3 Å². The lowest BCUT2D eigenvalue weighted by Crippen LogP contribution is -2.22. The summed E-state index contributed by atoms with van der Waals surface area (Å²) in [7, 11) is 0. The summed E-state index contributed by atoms with van der Waals surface area (Å²) in [5.41, 5.74) is 0.325. The van der Waals surface area contributed by atoms with Gasteiger partial charge in [0.1, 0.15) is 16.6 Å². The van der Waals surface area contributed by atoms with Gasteiger partial charge >= 0.3 is 6.36 Å². The number of rotatable bonds is 8. The van der Waals surface area contributed by atoms with Crippen molar-refractivity contribution >= 4 is 29.6 Å². The Kier molecular flexibility index (Phi) is 7.36. The molecule has 0 aliphatic heterocycles. The van der Waals surface area contributed by atoms with Crippen LogP contribution in [-0.4, -0.2) is 29.1 Å². The van der Waals surface area contributed by atoms with Crippen molar-refractivity contribution in [3.8, 4) is 5.75 Å². The highest BCUT2D eigenvalue weighted by Gasteiger charge is 2.32. The minimum absolute atomic E-state index is 0.0565. The summed E-state index contributed by atoms with van der Waals surface area (Å²) in [5.74, 6) is 1.31. The maximum absolute atomic E-state index is 12.6. The minimum atomic E-state index is -4.76. The molecule has 1 aliphatic rings. The lowest BCUT2D eigenvalue weighted by atomic mass is 9.82. The van der Waals surface area contributed by atoms with Gasteiger partial charge in [0, 0.05) is 18.7 Å². The van der Waals surface area contributed by atoms with Gasteiger partial charge in [-0.3, -0.25) is 0 Å². The SMILES string of the molecule is N=CC1CCC(CNc2nc(NCc3ccccc3OC(F)(F)F)ncc2Cl)CC1. The van der Waals surface area contributed by atoms with Gasteiger partial charge < -0.3 is 20.8 Å². The van der Waals surface area contributed by atoms with Crippen molar-refractivity contribution in [2.75, 3.05) is 17.2 Å². The van der Waals surface area contributed by atoms with E-state index in [-0.39, 0.29) is 18.2 Å². The number of hydrogen-bond donors (Lipinski definition) is 3. The molecule has 6 nitrogen and oxygen atoms in total. The Morgan fingerprint density at radius 3 is 2.60 bits per heavy atom. The molecule has 0 unspecified atom stereocenters. The van der Waals surface area contributed by atoms with E-state index < -0.39 is 6.36 Å². The first-order chi connectivity index (χ1) is 14.3. The first-order valence-electron chi connectivity index (χ1n) is 9.68. The highest BCUT2D eigenvalue weighted by molar-refractivity contribution is 6.32. The van der Waals surface area contributed by atoms with Gasteiger partial charge in [0.15, 0.2) is 0 Å². The summed E-state index contributed by atoms with van der Waals surface area (Å²) in [6, 6.07) is 5.89. The quantitative estimate of drug-likeness (QED) is 0.470. The second-order valence-electron chi connectivity index (χ2n) is 7.23. The third-order valence-corrected chi connectivity index (χ3v) is 5.34. The van der Waals surface area contributed by atoms with Gasteiger partial charge in [0.25, 0.3) is 0 Å². The average Bonchev–Trinajstić information content (AvgIpc) is 2.72. The second-order valence-corrected chi connectivity index (χ2v) is 7.63. The zero-order valence-electron chi connectivity index (χ0n) is 16.2. The Morgan fingerprint density at radius 1 is 1.17 bits per heavy atom. The van der Waals surface area contributed by atoms with Gasteiger partial charge in [0.2, 0.25) is 5.95 Å². The van der Waals surface area contributed by atoms with E-state index in [1.807, 2.05) is 0 Å². The number of ether oxygens (including phenoxy) is 1. The van der Waals surface area contributed by atoms with Crippen LogP contribution >= 0.6 is 11.6 Å². The van der Waals surface area contributed by atoms with Crippen molar-refractivity contribution in [1.82, 2.24) is 9.97 Å². The van der Waals surface area contributed by atoms with Crippen LogP contribution in [-0.2, 0) is 6.54 Å². The molecule has 0 bridgehead atoms. The molecule has 0 spiro atoms. The molecule has 0 atom stereocenters. The molecule has 1 aromatic heterocycles. The van der Waals surface area contributed by atoms with E-state index in [0.29, 0.717) is 34.8 Å². The molecule has 0 saturated heterocycles. The van der Waals surface area contributed by atoms with Gasteiger partial charge in [-0.2, -0.15) is 4.98 Å². The molecule has 0 radical (unpaired) electrons. The Labute approximate surface area is 177 Å². The molecule has 2 aromatic rings. The van der Waals surface area contributed by atoms with Crippen LogP contribution in [0.3, 0.4) is 0 Å². The summed E-state index contributed by atoms with van der Waals surface area (Å²) in [6.45, 7) is 0.768. The number of alkyl halides is 3. The lowest BCUT2D eigenvalue weighted by molar-refractivity contribution is -0.274. The molecular formula is C20H23ClF3N5O. The van der Waals surface area contributed by atoms with Crippen molar-refractivity contribution in [2.24, 2.45) is 11.8 Å². The minimum Gasteiger partial charge on any atom is -0.405 e. The number of nitrogens with one attached hydrogen (secondary N) is 3. The topological polar surface area (TPSA) is 82.9 Å². The van der Waals surface area contributed by atoms with E-state index >= 15 is 0 Å². The number of nitrogens with zero attached hydrogens (tertiary/aromatic N) is 2. The molecule has 3 N–H and O–H groups in total. The lowest BCUT2D eigenvalue weighted by Gasteiger charge is -2.26. The zero-order valence-corrected chi connectivity index (χ0v) is 16.9. The number of para-hydroxylation sites is 1. The summed E-state index contributed by atoms with van der Waals surface area (Å²) in [5, 5.41) is 13.9. The Balaban J connectivity index is 1.59. The van der Waals surface area contributed by atoms with Crippen molar-refractivity contribution < 1.29 is 17.9 Å². The number of hydrogen-bond acceptors (Lipinski definition) is 6. The molecule has 0 amide bonds. The normalized spacial score (nSPS) is 19.2. The highest BCUT2D eigenvalue weighted by Crippen LogP contribution is 2.29. The van der Waals surface area contributed by atoms with E-state index in [1.165, 1.54) is 30.6 Å².